The van der Waals surface area contributed by atoms with E-state index in [2.05, 4.69) is 58.7 Å². The second kappa shape index (κ2) is 4.58. The molecule has 0 aliphatic heterocycles. The maximum Gasteiger partial charge on any atom is 0.209 e. The Hall–Kier alpha value is 0.137. The zero-order chi connectivity index (χ0) is 10.7. The lowest BCUT2D eigenvalue weighted by Gasteiger charge is -2.46. The van der Waals surface area contributed by atoms with Gasteiger partial charge in [0.1, 0.15) is 0 Å². The molecule has 0 aromatic rings. The molecule has 0 aliphatic carbocycles. The highest BCUT2D eigenvalue weighted by Gasteiger charge is 2.46. The lowest BCUT2D eigenvalue weighted by atomic mass is 10.2. The van der Waals surface area contributed by atoms with Crippen LogP contribution in [0.15, 0.2) is 0 Å². The highest BCUT2D eigenvalue weighted by Crippen LogP contribution is 2.40. The van der Waals surface area contributed by atoms with Crippen molar-refractivity contribution in [2.75, 3.05) is 14.1 Å². The van der Waals surface area contributed by atoms with Gasteiger partial charge in [-0.2, -0.15) is 0 Å². The molecule has 0 aliphatic rings. The van der Waals surface area contributed by atoms with Crippen LogP contribution in [0.5, 0.6) is 0 Å². The fourth-order valence-corrected chi connectivity index (χ4v) is 7.24. The Balaban J connectivity index is 4.91. The van der Waals surface area contributed by atoms with E-state index in [9.17, 15) is 0 Å². The molecular weight excluding hydrogens is 176 g/mol. The summed E-state index contributed by atoms with van der Waals surface area (Å²) < 4.78 is 0. The van der Waals surface area contributed by atoms with Crippen LogP contribution in [-0.2, 0) is 0 Å². The first kappa shape index (κ1) is 13.1. The van der Waals surface area contributed by atoms with Gasteiger partial charge in [-0.3, -0.25) is 0 Å². The van der Waals surface area contributed by atoms with Crippen LogP contribution in [0.25, 0.3) is 0 Å². The van der Waals surface area contributed by atoms with E-state index in [1.165, 1.54) is 6.42 Å². The number of rotatable bonds is 4. The molecule has 1 unspecified atom stereocenters. The van der Waals surface area contributed by atoms with Gasteiger partial charge in [-0.25, -0.2) is 0 Å². The largest absolute Gasteiger partial charge is 0.328 e. The Morgan fingerprint density at radius 1 is 1.15 bits per heavy atom. The molecule has 0 amide bonds. The van der Waals surface area contributed by atoms with Gasteiger partial charge in [0.05, 0.1) is 0 Å². The summed E-state index contributed by atoms with van der Waals surface area (Å²) in [6, 6.07) is 0. The highest BCUT2D eigenvalue weighted by molar-refractivity contribution is 6.79. The Morgan fingerprint density at radius 3 is 1.62 bits per heavy atom. The zero-order valence-corrected chi connectivity index (χ0v) is 11.3. The van der Waals surface area contributed by atoms with Gasteiger partial charge in [0.15, 0.2) is 0 Å². The van der Waals surface area contributed by atoms with Gasteiger partial charge in [-0.05, 0) is 24.7 Å². The number of hydrogen-bond acceptors (Lipinski definition) is 2. The monoisotopic (exact) mass is 202 g/mol. The van der Waals surface area contributed by atoms with Crippen molar-refractivity contribution in [3.63, 3.8) is 0 Å². The fourth-order valence-electron chi connectivity index (χ4n) is 2.41. The van der Waals surface area contributed by atoms with Crippen LogP contribution in [0.2, 0.25) is 10.6 Å². The molecule has 1 atom stereocenters. The summed E-state index contributed by atoms with van der Waals surface area (Å²) in [5.74, 6) is 0. The summed E-state index contributed by atoms with van der Waals surface area (Å²) in [5, 5.41) is 0.353. The van der Waals surface area contributed by atoms with Crippen molar-refractivity contribution in [2.45, 2.75) is 51.6 Å². The van der Waals surface area contributed by atoms with Gasteiger partial charge in [0, 0.05) is 0 Å². The van der Waals surface area contributed by atoms with Crippen LogP contribution < -0.4 is 9.96 Å². The third-order valence-corrected chi connectivity index (χ3v) is 9.15. The minimum atomic E-state index is -1.55. The average molecular weight is 202 g/mol. The maximum atomic E-state index is 3.58. The van der Waals surface area contributed by atoms with Crippen molar-refractivity contribution in [1.29, 1.82) is 0 Å². The van der Waals surface area contributed by atoms with E-state index >= 15 is 0 Å². The third-order valence-electron chi connectivity index (χ3n) is 3.32. The van der Waals surface area contributed by atoms with Crippen molar-refractivity contribution >= 4 is 8.40 Å². The minimum absolute atomic E-state index is 0.353. The molecule has 0 rings (SSSR count). The SMILES string of the molecule is CCC(C)[Si](NC)(NC)C(C)(C)C. The van der Waals surface area contributed by atoms with Crippen LogP contribution in [0, 0.1) is 0 Å². The Morgan fingerprint density at radius 2 is 1.54 bits per heavy atom. The first-order chi connectivity index (χ1) is 5.85. The molecule has 0 saturated heterocycles. The van der Waals surface area contributed by atoms with E-state index in [1.54, 1.807) is 0 Å². The predicted molar refractivity (Wildman–Crippen MR) is 63.3 cm³/mol. The molecule has 2 N–H and O–H groups in total. The molecule has 0 spiro atoms. The van der Waals surface area contributed by atoms with Crippen molar-refractivity contribution < 1.29 is 0 Å². The van der Waals surface area contributed by atoms with Crippen molar-refractivity contribution in [2.24, 2.45) is 0 Å². The summed E-state index contributed by atoms with van der Waals surface area (Å²) in [4.78, 5) is 7.17. The standard InChI is InChI=1S/C10H26N2Si/c1-8-9(2)13(11-6,12-7)10(3,4)5/h9,11-12H,8H2,1-7H3. The zero-order valence-electron chi connectivity index (χ0n) is 10.3. The van der Waals surface area contributed by atoms with Gasteiger partial charge in [0.25, 0.3) is 0 Å². The molecule has 0 saturated carbocycles. The second-order valence-corrected chi connectivity index (χ2v) is 9.97. The summed E-state index contributed by atoms with van der Waals surface area (Å²) in [7, 11) is 2.65. The molecule has 0 aromatic heterocycles. The number of hydrogen-bond donors (Lipinski definition) is 2. The molecule has 80 valence electrons. The first-order valence-corrected chi connectivity index (χ1v) is 7.31. The summed E-state index contributed by atoms with van der Waals surface area (Å²) in [5.41, 5.74) is 0.752. The van der Waals surface area contributed by atoms with Gasteiger partial charge in [0.2, 0.25) is 8.40 Å². The van der Waals surface area contributed by atoms with Gasteiger partial charge in [-0.1, -0.05) is 41.0 Å². The van der Waals surface area contributed by atoms with E-state index in [4.69, 9.17) is 0 Å². The molecule has 0 aromatic carbocycles. The van der Waals surface area contributed by atoms with Crippen LogP contribution in [-0.4, -0.2) is 22.5 Å². The molecule has 0 heterocycles. The summed E-state index contributed by atoms with van der Waals surface area (Å²) >= 11 is 0. The molecule has 13 heavy (non-hydrogen) atoms. The van der Waals surface area contributed by atoms with Crippen LogP contribution in [0.3, 0.4) is 0 Å². The van der Waals surface area contributed by atoms with Gasteiger partial charge in [-0.15, -0.1) is 0 Å². The molecular formula is C10H26N2Si. The quantitative estimate of drug-likeness (QED) is 0.684. The molecule has 0 fully saturated rings. The Bertz CT molecular complexity index is 147. The molecule has 0 bridgehead atoms. The minimum Gasteiger partial charge on any atom is -0.328 e. The average Bonchev–Trinajstić information content (AvgIpc) is 2.04. The first-order valence-electron chi connectivity index (χ1n) is 5.23. The van der Waals surface area contributed by atoms with E-state index in [-0.39, 0.29) is 0 Å². The summed E-state index contributed by atoms with van der Waals surface area (Å²) in [6.45, 7) is 11.6. The molecule has 0 radical (unpaired) electrons. The van der Waals surface area contributed by atoms with Crippen LogP contribution >= 0.6 is 0 Å². The Labute approximate surface area is 84.7 Å². The van der Waals surface area contributed by atoms with E-state index in [0.29, 0.717) is 5.04 Å². The van der Waals surface area contributed by atoms with E-state index in [1.807, 2.05) is 0 Å². The van der Waals surface area contributed by atoms with Crippen molar-refractivity contribution in [1.82, 2.24) is 9.96 Å². The van der Waals surface area contributed by atoms with E-state index < -0.39 is 8.40 Å². The van der Waals surface area contributed by atoms with Crippen molar-refractivity contribution in [3.05, 3.63) is 0 Å². The lowest BCUT2D eigenvalue weighted by molar-refractivity contribution is 0.618. The van der Waals surface area contributed by atoms with Crippen molar-refractivity contribution in [3.8, 4) is 0 Å². The normalized spacial score (nSPS) is 15.9. The molecule has 2 nitrogen and oxygen atoms in total. The van der Waals surface area contributed by atoms with Gasteiger partial charge >= 0.3 is 0 Å². The third kappa shape index (κ3) is 2.33. The second-order valence-electron chi connectivity index (χ2n) is 4.87. The van der Waals surface area contributed by atoms with Gasteiger partial charge < -0.3 is 9.96 Å². The molecule has 3 heteroatoms. The predicted octanol–water partition coefficient (Wildman–Crippen LogP) is 2.47. The van der Waals surface area contributed by atoms with E-state index in [0.717, 1.165) is 5.54 Å². The van der Waals surface area contributed by atoms with Crippen LogP contribution in [0.1, 0.15) is 41.0 Å². The number of nitrogens with one attached hydrogen (secondary N) is 2. The maximum absolute atomic E-state index is 3.58. The summed E-state index contributed by atoms with van der Waals surface area (Å²) in [6.07, 6.45) is 1.24. The van der Waals surface area contributed by atoms with Crippen LogP contribution in [0.4, 0.5) is 0 Å². The Kier molecular flexibility index (Phi) is 4.62. The topological polar surface area (TPSA) is 24.1 Å². The lowest BCUT2D eigenvalue weighted by Crippen LogP contribution is -2.68. The highest BCUT2D eigenvalue weighted by atomic mass is 28.3. The fraction of sp³-hybridized carbons (Fsp3) is 1.00. The smallest absolute Gasteiger partial charge is 0.209 e.